The van der Waals surface area contributed by atoms with Gasteiger partial charge in [-0.15, -0.1) is 0 Å². The first-order valence-electron chi connectivity index (χ1n) is 10.1. The van der Waals surface area contributed by atoms with Gasteiger partial charge in [-0.2, -0.15) is 0 Å². The minimum atomic E-state index is -0.285. The molecule has 3 rings (SSSR count). The molecule has 162 valence electrons. The second-order valence-corrected chi connectivity index (χ2v) is 8.16. The van der Waals surface area contributed by atoms with Gasteiger partial charge in [0.2, 0.25) is 11.8 Å². The van der Waals surface area contributed by atoms with Crippen LogP contribution in [0, 0.1) is 0 Å². The van der Waals surface area contributed by atoms with E-state index in [1.165, 1.54) is 0 Å². The number of fused-ring (bicyclic) bond motifs is 1. The molecule has 0 aromatic heterocycles. The molecule has 0 heterocycles. The predicted octanol–water partition coefficient (Wildman–Crippen LogP) is 5.28. The van der Waals surface area contributed by atoms with Crippen molar-refractivity contribution < 1.29 is 9.59 Å². The van der Waals surface area contributed by atoms with Crippen molar-refractivity contribution in [3.8, 4) is 0 Å². The van der Waals surface area contributed by atoms with Crippen LogP contribution in [0.2, 0.25) is 10.0 Å². The number of nitrogens with one attached hydrogen (secondary N) is 2. The van der Waals surface area contributed by atoms with Crippen molar-refractivity contribution in [2.75, 3.05) is 25.0 Å². The Morgan fingerprint density at radius 3 is 2.23 bits per heavy atom. The van der Waals surface area contributed by atoms with Gasteiger partial charge in [-0.25, -0.2) is 0 Å². The Morgan fingerprint density at radius 2 is 1.55 bits per heavy atom. The molecule has 0 aliphatic heterocycles. The van der Waals surface area contributed by atoms with Crippen molar-refractivity contribution in [2.45, 2.75) is 19.9 Å². The lowest BCUT2D eigenvalue weighted by Crippen LogP contribution is -2.41. The number of halogens is 2. The zero-order chi connectivity index (χ0) is 22.4. The number of rotatable bonds is 8. The van der Waals surface area contributed by atoms with Gasteiger partial charge in [-0.1, -0.05) is 72.6 Å². The van der Waals surface area contributed by atoms with Gasteiger partial charge in [0.1, 0.15) is 0 Å². The van der Waals surface area contributed by atoms with E-state index in [9.17, 15) is 9.59 Å². The van der Waals surface area contributed by atoms with Crippen LogP contribution in [0.15, 0.2) is 60.7 Å². The highest BCUT2D eigenvalue weighted by Crippen LogP contribution is 2.29. The van der Waals surface area contributed by atoms with E-state index in [0.29, 0.717) is 22.3 Å². The fourth-order valence-corrected chi connectivity index (χ4v) is 3.82. The number of para-hydroxylation sites is 1. The summed E-state index contributed by atoms with van der Waals surface area (Å²) < 4.78 is 0. The van der Waals surface area contributed by atoms with Crippen LogP contribution in [0.3, 0.4) is 0 Å². The van der Waals surface area contributed by atoms with Gasteiger partial charge in [0.25, 0.3) is 0 Å². The number of likely N-dealkylation sites (N-methyl/N-ethyl adjacent to an activating group) is 1. The number of hydrogen-bond donors (Lipinski definition) is 2. The van der Waals surface area contributed by atoms with Gasteiger partial charge in [-0.3, -0.25) is 14.5 Å². The molecule has 5 nitrogen and oxygen atoms in total. The van der Waals surface area contributed by atoms with Crippen molar-refractivity contribution in [1.29, 1.82) is 0 Å². The van der Waals surface area contributed by atoms with Crippen LogP contribution in [-0.2, 0) is 9.59 Å². The molecule has 1 atom stereocenters. The molecule has 1 unspecified atom stereocenters. The molecular weight excluding hydrogens is 433 g/mol. The van der Waals surface area contributed by atoms with Gasteiger partial charge in [0.15, 0.2) is 0 Å². The Hall–Kier alpha value is -2.60. The molecule has 0 aliphatic carbocycles. The van der Waals surface area contributed by atoms with Crippen LogP contribution in [-0.4, -0.2) is 36.3 Å². The predicted molar refractivity (Wildman–Crippen MR) is 128 cm³/mol. The first-order valence-corrected chi connectivity index (χ1v) is 10.9. The fourth-order valence-electron chi connectivity index (χ4n) is 3.33. The summed E-state index contributed by atoms with van der Waals surface area (Å²) in [6.45, 7) is 4.55. The monoisotopic (exact) mass is 457 g/mol. The second-order valence-electron chi connectivity index (χ2n) is 7.34. The van der Waals surface area contributed by atoms with Crippen LogP contribution < -0.4 is 10.6 Å². The van der Waals surface area contributed by atoms with Gasteiger partial charge >= 0.3 is 0 Å². The Bertz CT molecular complexity index is 1070. The summed E-state index contributed by atoms with van der Waals surface area (Å²) in [5.41, 5.74) is 1.41. The molecule has 3 aromatic carbocycles. The summed E-state index contributed by atoms with van der Waals surface area (Å²) in [6.07, 6.45) is 0. The minimum Gasteiger partial charge on any atom is -0.348 e. The maximum Gasteiger partial charge on any atom is 0.238 e. The number of benzene rings is 3. The highest BCUT2D eigenvalue weighted by molar-refractivity contribution is 6.39. The lowest BCUT2D eigenvalue weighted by Gasteiger charge is -2.22. The van der Waals surface area contributed by atoms with E-state index in [2.05, 4.69) is 34.9 Å². The standard InChI is InChI=1S/C24H25Cl2N3O2/c1-3-29(15-23(31)28-24-20(25)9-6-10-21(24)26)14-22(30)27-16(2)18-12-11-17-7-4-5-8-19(17)13-18/h4-13,16H,3,14-15H2,1-2H3,(H,27,30)(H,28,31). The zero-order valence-corrected chi connectivity index (χ0v) is 19.0. The quantitative estimate of drug-likeness (QED) is 0.483. The second kappa shape index (κ2) is 10.6. The maximum atomic E-state index is 12.6. The minimum absolute atomic E-state index is 0.0514. The number of nitrogens with zero attached hydrogens (tertiary/aromatic N) is 1. The zero-order valence-electron chi connectivity index (χ0n) is 17.5. The molecule has 0 saturated heterocycles. The van der Waals surface area contributed by atoms with E-state index in [4.69, 9.17) is 23.2 Å². The van der Waals surface area contributed by atoms with Crippen molar-refractivity contribution >= 4 is 51.5 Å². The number of amides is 2. The highest BCUT2D eigenvalue weighted by atomic mass is 35.5. The lowest BCUT2D eigenvalue weighted by atomic mass is 10.0. The van der Waals surface area contributed by atoms with E-state index in [1.807, 2.05) is 32.0 Å². The fraction of sp³-hybridized carbons (Fsp3) is 0.250. The molecule has 3 aromatic rings. The molecule has 0 saturated carbocycles. The Kier molecular flexibility index (Phi) is 7.91. The first-order chi connectivity index (χ1) is 14.9. The normalized spacial score (nSPS) is 12.0. The lowest BCUT2D eigenvalue weighted by molar-refractivity contribution is -0.123. The number of hydrogen-bond acceptors (Lipinski definition) is 3. The summed E-state index contributed by atoms with van der Waals surface area (Å²) in [6, 6.07) is 19.1. The van der Waals surface area contributed by atoms with Crippen LogP contribution in [0.25, 0.3) is 10.8 Å². The first kappa shape index (κ1) is 23.1. The van der Waals surface area contributed by atoms with E-state index in [1.54, 1.807) is 23.1 Å². The molecule has 0 bridgehead atoms. The summed E-state index contributed by atoms with van der Waals surface area (Å²) in [5, 5.41) is 8.76. The van der Waals surface area contributed by atoms with Crippen LogP contribution in [0.5, 0.6) is 0 Å². The van der Waals surface area contributed by atoms with Gasteiger partial charge in [0.05, 0.1) is 34.9 Å². The molecule has 7 heteroatoms. The molecule has 2 N–H and O–H groups in total. The summed E-state index contributed by atoms with van der Waals surface area (Å²) in [7, 11) is 0. The Labute approximate surface area is 192 Å². The van der Waals surface area contributed by atoms with Gasteiger partial charge in [-0.05, 0) is 48.0 Å². The number of carbonyl (C=O) groups is 2. The van der Waals surface area contributed by atoms with E-state index < -0.39 is 0 Å². The molecule has 0 aliphatic rings. The van der Waals surface area contributed by atoms with Gasteiger partial charge < -0.3 is 10.6 Å². The third-order valence-corrected chi connectivity index (χ3v) is 5.69. The largest absolute Gasteiger partial charge is 0.348 e. The third-order valence-electron chi connectivity index (χ3n) is 5.06. The van der Waals surface area contributed by atoms with E-state index in [-0.39, 0.29) is 30.9 Å². The topological polar surface area (TPSA) is 61.4 Å². The van der Waals surface area contributed by atoms with Gasteiger partial charge in [0, 0.05) is 0 Å². The smallest absolute Gasteiger partial charge is 0.238 e. The molecule has 0 spiro atoms. The van der Waals surface area contributed by atoms with Crippen molar-refractivity contribution in [3.05, 3.63) is 76.3 Å². The van der Waals surface area contributed by atoms with Crippen LogP contribution in [0.4, 0.5) is 5.69 Å². The molecule has 2 amide bonds. The summed E-state index contributed by atoms with van der Waals surface area (Å²) in [5.74, 6) is -0.432. The Balaban J connectivity index is 1.56. The third kappa shape index (κ3) is 6.20. The van der Waals surface area contributed by atoms with Crippen LogP contribution >= 0.6 is 23.2 Å². The molecule has 0 fully saturated rings. The van der Waals surface area contributed by atoms with E-state index in [0.717, 1.165) is 16.3 Å². The molecule has 0 radical (unpaired) electrons. The molecule has 31 heavy (non-hydrogen) atoms. The number of anilines is 1. The van der Waals surface area contributed by atoms with Crippen molar-refractivity contribution in [1.82, 2.24) is 10.2 Å². The SMILES string of the molecule is CCN(CC(=O)Nc1c(Cl)cccc1Cl)CC(=O)NC(C)c1ccc2ccccc2c1. The van der Waals surface area contributed by atoms with Crippen LogP contribution in [0.1, 0.15) is 25.5 Å². The van der Waals surface area contributed by atoms with Crippen molar-refractivity contribution in [3.63, 3.8) is 0 Å². The average molecular weight is 458 g/mol. The number of carbonyl (C=O) groups excluding carboxylic acids is 2. The highest BCUT2D eigenvalue weighted by Gasteiger charge is 2.17. The molecular formula is C24H25Cl2N3O2. The summed E-state index contributed by atoms with van der Waals surface area (Å²) >= 11 is 12.2. The summed E-state index contributed by atoms with van der Waals surface area (Å²) in [4.78, 5) is 26.8. The van der Waals surface area contributed by atoms with Crippen molar-refractivity contribution in [2.24, 2.45) is 0 Å². The average Bonchev–Trinajstić information content (AvgIpc) is 2.75. The maximum absolute atomic E-state index is 12.6. The van der Waals surface area contributed by atoms with E-state index >= 15 is 0 Å². The Morgan fingerprint density at radius 1 is 0.903 bits per heavy atom.